The molecule has 3 nitrogen and oxygen atoms in total. The number of aliphatic hydroxyl groups is 1. The number of nitrogens with one attached hydrogen (secondary N) is 1. The van der Waals surface area contributed by atoms with Crippen LogP contribution in [0.2, 0.25) is 0 Å². The SMILES string of the molecule is CC(CCCO)NC(=O)C(C)CCc1ccccc1F. The average molecular weight is 281 g/mol. The van der Waals surface area contributed by atoms with Crippen LogP contribution in [0.1, 0.15) is 38.7 Å². The van der Waals surface area contributed by atoms with Gasteiger partial charge < -0.3 is 10.4 Å². The van der Waals surface area contributed by atoms with Crippen molar-refractivity contribution >= 4 is 5.91 Å². The van der Waals surface area contributed by atoms with Gasteiger partial charge in [-0.25, -0.2) is 4.39 Å². The topological polar surface area (TPSA) is 49.3 Å². The van der Waals surface area contributed by atoms with E-state index in [4.69, 9.17) is 5.11 Å². The highest BCUT2D eigenvalue weighted by molar-refractivity contribution is 5.78. The van der Waals surface area contributed by atoms with E-state index >= 15 is 0 Å². The van der Waals surface area contributed by atoms with Gasteiger partial charge in [0.05, 0.1) is 0 Å². The van der Waals surface area contributed by atoms with Crippen molar-refractivity contribution in [2.75, 3.05) is 6.61 Å². The number of halogens is 1. The Morgan fingerprint density at radius 1 is 1.30 bits per heavy atom. The van der Waals surface area contributed by atoms with Crippen LogP contribution in [-0.4, -0.2) is 23.7 Å². The average Bonchev–Trinajstić information content (AvgIpc) is 2.43. The molecule has 2 unspecified atom stereocenters. The van der Waals surface area contributed by atoms with Gasteiger partial charge in [0, 0.05) is 18.6 Å². The van der Waals surface area contributed by atoms with Crippen LogP contribution in [0.15, 0.2) is 24.3 Å². The van der Waals surface area contributed by atoms with Gasteiger partial charge in [0.2, 0.25) is 5.91 Å². The van der Waals surface area contributed by atoms with Gasteiger partial charge in [-0.3, -0.25) is 4.79 Å². The van der Waals surface area contributed by atoms with Gasteiger partial charge in [0.15, 0.2) is 0 Å². The third-order valence-electron chi connectivity index (χ3n) is 3.44. The van der Waals surface area contributed by atoms with Crippen molar-refractivity contribution in [2.24, 2.45) is 5.92 Å². The molecule has 1 rings (SSSR count). The first-order valence-electron chi connectivity index (χ1n) is 7.19. The minimum atomic E-state index is -0.212. The van der Waals surface area contributed by atoms with Gasteiger partial charge in [-0.05, 0) is 44.2 Å². The summed E-state index contributed by atoms with van der Waals surface area (Å²) in [6, 6.07) is 6.73. The van der Waals surface area contributed by atoms with E-state index in [-0.39, 0.29) is 30.3 Å². The number of amides is 1. The van der Waals surface area contributed by atoms with Crippen LogP contribution in [0.25, 0.3) is 0 Å². The summed E-state index contributed by atoms with van der Waals surface area (Å²) in [6.07, 6.45) is 2.64. The Hall–Kier alpha value is -1.42. The number of aliphatic hydroxyl groups excluding tert-OH is 1. The Bertz CT molecular complexity index is 423. The number of rotatable bonds is 8. The third kappa shape index (κ3) is 5.70. The van der Waals surface area contributed by atoms with E-state index in [1.165, 1.54) is 6.07 Å². The second-order valence-electron chi connectivity index (χ2n) is 5.31. The van der Waals surface area contributed by atoms with Gasteiger partial charge in [-0.1, -0.05) is 25.1 Å². The van der Waals surface area contributed by atoms with Gasteiger partial charge in [-0.2, -0.15) is 0 Å². The van der Waals surface area contributed by atoms with E-state index in [1.807, 2.05) is 13.8 Å². The van der Waals surface area contributed by atoms with Gasteiger partial charge in [0.1, 0.15) is 5.82 Å². The maximum atomic E-state index is 13.5. The summed E-state index contributed by atoms with van der Waals surface area (Å²) in [6.45, 7) is 3.93. The van der Waals surface area contributed by atoms with Gasteiger partial charge in [-0.15, -0.1) is 0 Å². The van der Waals surface area contributed by atoms with E-state index in [9.17, 15) is 9.18 Å². The lowest BCUT2D eigenvalue weighted by Gasteiger charge is -2.17. The lowest BCUT2D eigenvalue weighted by Crippen LogP contribution is -2.36. The number of aryl methyl sites for hydroxylation is 1. The molecular formula is C16H24FNO2. The largest absolute Gasteiger partial charge is 0.396 e. The smallest absolute Gasteiger partial charge is 0.223 e. The summed E-state index contributed by atoms with van der Waals surface area (Å²) < 4.78 is 13.5. The zero-order valence-electron chi connectivity index (χ0n) is 12.2. The molecule has 2 N–H and O–H groups in total. The van der Waals surface area contributed by atoms with Gasteiger partial charge >= 0.3 is 0 Å². The molecule has 1 aromatic rings. The van der Waals surface area contributed by atoms with Crippen LogP contribution in [0.4, 0.5) is 4.39 Å². The Morgan fingerprint density at radius 2 is 2.00 bits per heavy atom. The number of carbonyl (C=O) groups is 1. The normalized spacial score (nSPS) is 13.8. The van der Waals surface area contributed by atoms with E-state index < -0.39 is 0 Å². The summed E-state index contributed by atoms with van der Waals surface area (Å²) in [7, 11) is 0. The minimum Gasteiger partial charge on any atom is -0.396 e. The fraction of sp³-hybridized carbons (Fsp3) is 0.562. The van der Waals surface area contributed by atoms with Crippen molar-refractivity contribution < 1.29 is 14.3 Å². The zero-order valence-corrected chi connectivity index (χ0v) is 12.2. The van der Waals surface area contributed by atoms with E-state index in [0.29, 0.717) is 24.8 Å². The van der Waals surface area contributed by atoms with Crippen molar-refractivity contribution in [3.05, 3.63) is 35.6 Å². The molecule has 0 spiro atoms. The molecule has 0 bridgehead atoms. The summed E-state index contributed by atoms with van der Waals surface area (Å²) in [5, 5.41) is 11.7. The van der Waals surface area contributed by atoms with Crippen molar-refractivity contribution in [2.45, 2.75) is 45.6 Å². The molecule has 20 heavy (non-hydrogen) atoms. The second-order valence-corrected chi connectivity index (χ2v) is 5.31. The molecular weight excluding hydrogens is 257 g/mol. The molecule has 0 aliphatic carbocycles. The predicted molar refractivity (Wildman–Crippen MR) is 77.8 cm³/mol. The lowest BCUT2D eigenvalue weighted by molar-refractivity contribution is -0.125. The van der Waals surface area contributed by atoms with Crippen LogP contribution >= 0.6 is 0 Å². The highest BCUT2D eigenvalue weighted by Crippen LogP contribution is 2.13. The molecule has 0 aromatic heterocycles. The first-order valence-corrected chi connectivity index (χ1v) is 7.19. The number of hydrogen-bond acceptors (Lipinski definition) is 2. The summed E-state index contributed by atoms with van der Waals surface area (Å²) in [5.74, 6) is -0.366. The van der Waals surface area contributed by atoms with Crippen LogP contribution in [0.3, 0.4) is 0 Å². The Kier molecular flexibility index (Phi) is 7.23. The quantitative estimate of drug-likeness (QED) is 0.769. The maximum absolute atomic E-state index is 13.5. The minimum absolute atomic E-state index is 0.00761. The van der Waals surface area contributed by atoms with Crippen LogP contribution < -0.4 is 5.32 Å². The molecule has 0 saturated carbocycles. The molecule has 1 amide bonds. The van der Waals surface area contributed by atoms with E-state index in [2.05, 4.69) is 5.32 Å². The van der Waals surface area contributed by atoms with Crippen LogP contribution in [0, 0.1) is 11.7 Å². The molecule has 1 aromatic carbocycles. The van der Waals surface area contributed by atoms with E-state index in [1.54, 1.807) is 18.2 Å². The summed E-state index contributed by atoms with van der Waals surface area (Å²) in [4.78, 5) is 12.0. The fourth-order valence-corrected chi connectivity index (χ4v) is 2.06. The molecule has 0 aliphatic rings. The van der Waals surface area contributed by atoms with E-state index in [0.717, 1.165) is 6.42 Å². The molecule has 4 heteroatoms. The van der Waals surface area contributed by atoms with Crippen molar-refractivity contribution in [3.63, 3.8) is 0 Å². The third-order valence-corrected chi connectivity index (χ3v) is 3.44. The Morgan fingerprint density at radius 3 is 2.65 bits per heavy atom. The Labute approximate surface area is 120 Å². The predicted octanol–water partition coefficient (Wildman–Crippen LogP) is 2.67. The molecule has 0 aliphatic heterocycles. The molecule has 0 heterocycles. The lowest BCUT2D eigenvalue weighted by atomic mass is 9.99. The van der Waals surface area contributed by atoms with Crippen LogP contribution in [0.5, 0.6) is 0 Å². The molecule has 112 valence electrons. The van der Waals surface area contributed by atoms with Crippen LogP contribution in [-0.2, 0) is 11.2 Å². The number of hydrogen-bond donors (Lipinski definition) is 2. The standard InChI is InChI=1S/C16H24FNO2/c1-12(16(20)18-13(2)6-5-11-19)9-10-14-7-3-4-8-15(14)17/h3-4,7-8,12-13,19H,5-6,9-11H2,1-2H3,(H,18,20). The Balaban J connectivity index is 2.37. The van der Waals surface area contributed by atoms with Gasteiger partial charge in [0.25, 0.3) is 0 Å². The zero-order chi connectivity index (χ0) is 15.0. The van der Waals surface area contributed by atoms with Crippen molar-refractivity contribution in [1.29, 1.82) is 0 Å². The maximum Gasteiger partial charge on any atom is 0.223 e. The highest BCUT2D eigenvalue weighted by atomic mass is 19.1. The van der Waals surface area contributed by atoms with Crippen molar-refractivity contribution in [1.82, 2.24) is 5.32 Å². The van der Waals surface area contributed by atoms with Crippen molar-refractivity contribution in [3.8, 4) is 0 Å². The molecule has 0 radical (unpaired) electrons. The summed E-state index contributed by atoms with van der Waals surface area (Å²) >= 11 is 0. The fourth-order valence-electron chi connectivity index (χ4n) is 2.06. The second kappa shape index (κ2) is 8.69. The summed E-state index contributed by atoms with van der Waals surface area (Å²) in [5.41, 5.74) is 0.653. The first kappa shape index (κ1) is 16.6. The highest BCUT2D eigenvalue weighted by Gasteiger charge is 2.15. The number of benzene rings is 1. The monoisotopic (exact) mass is 281 g/mol. The molecule has 2 atom stereocenters. The first-order chi connectivity index (χ1) is 9.54. The molecule has 0 saturated heterocycles. The molecule has 0 fully saturated rings. The number of carbonyl (C=O) groups excluding carboxylic acids is 1.